The second kappa shape index (κ2) is 6.56. The standard InChI is InChI=1S/C14H16BrN3O2/c1-3-18-12(11(15)8-17-18)9-16-14(19)10-6-4-5-7-13(10)20-2/h4-8H,3,9H2,1-2H3,(H,16,19). The normalized spacial score (nSPS) is 10.3. The Morgan fingerprint density at radius 1 is 1.45 bits per heavy atom. The number of methoxy groups -OCH3 is 1. The zero-order valence-electron chi connectivity index (χ0n) is 11.4. The van der Waals surface area contributed by atoms with E-state index in [1.807, 2.05) is 23.7 Å². The second-order valence-corrected chi connectivity index (χ2v) is 4.99. The first-order valence-corrected chi connectivity index (χ1v) is 7.08. The molecule has 1 aromatic heterocycles. The summed E-state index contributed by atoms with van der Waals surface area (Å²) < 4.78 is 7.91. The minimum Gasteiger partial charge on any atom is -0.496 e. The van der Waals surface area contributed by atoms with Crippen molar-refractivity contribution in [3.05, 3.63) is 46.2 Å². The topological polar surface area (TPSA) is 56.2 Å². The molecule has 0 aliphatic rings. The smallest absolute Gasteiger partial charge is 0.255 e. The number of hydrogen-bond donors (Lipinski definition) is 1. The van der Waals surface area contributed by atoms with Crippen LogP contribution in [0, 0.1) is 0 Å². The van der Waals surface area contributed by atoms with Gasteiger partial charge >= 0.3 is 0 Å². The summed E-state index contributed by atoms with van der Waals surface area (Å²) in [5.74, 6) is 0.395. The van der Waals surface area contributed by atoms with E-state index in [2.05, 4.69) is 26.3 Å². The van der Waals surface area contributed by atoms with Gasteiger partial charge < -0.3 is 10.1 Å². The number of para-hydroxylation sites is 1. The van der Waals surface area contributed by atoms with E-state index >= 15 is 0 Å². The minimum atomic E-state index is -0.168. The number of nitrogens with zero attached hydrogens (tertiary/aromatic N) is 2. The molecule has 1 heterocycles. The predicted molar refractivity (Wildman–Crippen MR) is 79.8 cm³/mol. The van der Waals surface area contributed by atoms with Gasteiger partial charge in [-0.15, -0.1) is 0 Å². The van der Waals surface area contributed by atoms with E-state index in [4.69, 9.17) is 4.74 Å². The highest BCUT2D eigenvalue weighted by atomic mass is 79.9. The van der Waals surface area contributed by atoms with Crippen LogP contribution in [0.2, 0.25) is 0 Å². The summed E-state index contributed by atoms with van der Waals surface area (Å²) in [6.07, 6.45) is 1.73. The molecule has 20 heavy (non-hydrogen) atoms. The van der Waals surface area contributed by atoms with Crippen molar-refractivity contribution < 1.29 is 9.53 Å². The van der Waals surface area contributed by atoms with Gasteiger partial charge in [-0.25, -0.2) is 0 Å². The van der Waals surface area contributed by atoms with Crippen molar-refractivity contribution >= 4 is 21.8 Å². The van der Waals surface area contributed by atoms with Crippen molar-refractivity contribution in [1.29, 1.82) is 0 Å². The Labute approximate surface area is 126 Å². The summed E-state index contributed by atoms with van der Waals surface area (Å²) in [5, 5.41) is 7.09. The Bertz CT molecular complexity index is 610. The summed E-state index contributed by atoms with van der Waals surface area (Å²) in [7, 11) is 1.55. The van der Waals surface area contributed by atoms with E-state index in [9.17, 15) is 4.79 Å². The number of benzene rings is 1. The number of aromatic nitrogens is 2. The maximum absolute atomic E-state index is 12.2. The lowest BCUT2D eigenvalue weighted by Crippen LogP contribution is -2.25. The number of carbonyl (C=O) groups excluding carboxylic acids is 1. The fraction of sp³-hybridized carbons (Fsp3) is 0.286. The van der Waals surface area contributed by atoms with Gasteiger partial charge in [-0.2, -0.15) is 5.10 Å². The van der Waals surface area contributed by atoms with Crippen LogP contribution in [-0.2, 0) is 13.1 Å². The molecule has 1 aromatic carbocycles. The summed E-state index contributed by atoms with van der Waals surface area (Å²) >= 11 is 3.43. The van der Waals surface area contributed by atoms with E-state index in [1.54, 1.807) is 25.4 Å². The first kappa shape index (κ1) is 14.6. The van der Waals surface area contributed by atoms with Crippen molar-refractivity contribution in [2.75, 3.05) is 7.11 Å². The van der Waals surface area contributed by atoms with E-state index in [-0.39, 0.29) is 5.91 Å². The van der Waals surface area contributed by atoms with Gasteiger partial charge in [-0.1, -0.05) is 12.1 Å². The first-order chi connectivity index (χ1) is 9.67. The number of rotatable bonds is 5. The van der Waals surface area contributed by atoms with Crippen molar-refractivity contribution in [2.24, 2.45) is 0 Å². The molecular weight excluding hydrogens is 322 g/mol. The average Bonchev–Trinajstić information content (AvgIpc) is 2.85. The number of aryl methyl sites for hydroxylation is 1. The van der Waals surface area contributed by atoms with Crippen molar-refractivity contribution in [3.8, 4) is 5.75 Å². The fourth-order valence-electron chi connectivity index (χ4n) is 1.93. The number of hydrogen-bond acceptors (Lipinski definition) is 3. The lowest BCUT2D eigenvalue weighted by Gasteiger charge is -2.10. The Morgan fingerprint density at radius 3 is 2.90 bits per heavy atom. The predicted octanol–water partition coefficient (Wildman–Crippen LogP) is 2.60. The van der Waals surface area contributed by atoms with Gasteiger partial charge in [-0.05, 0) is 35.0 Å². The van der Waals surface area contributed by atoms with Gasteiger partial charge in [0.25, 0.3) is 5.91 Å². The van der Waals surface area contributed by atoms with E-state index < -0.39 is 0 Å². The average molecular weight is 338 g/mol. The van der Waals surface area contributed by atoms with Gasteiger partial charge in [0.05, 0.1) is 35.6 Å². The molecule has 2 aromatic rings. The minimum absolute atomic E-state index is 0.168. The summed E-state index contributed by atoms with van der Waals surface area (Å²) in [5.41, 5.74) is 1.46. The molecule has 0 spiro atoms. The van der Waals surface area contributed by atoms with Gasteiger partial charge in [-0.3, -0.25) is 9.48 Å². The van der Waals surface area contributed by atoms with Crippen LogP contribution in [0.4, 0.5) is 0 Å². The highest BCUT2D eigenvalue weighted by molar-refractivity contribution is 9.10. The third kappa shape index (κ3) is 3.01. The molecule has 0 unspecified atom stereocenters. The molecule has 2 rings (SSSR count). The van der Waals surface area contributed by atoms with Crippen LogP contribution in [0.3, 0.4) is 0 Å². The molecule has 0 aliphatic carbocycles. The highest BCUT2D eigenvalue weighted by Crippen LogP contribution is 2.18. The lowest BCUT2D eigenvalue weighted by atomic mass is 10.2. The lowest BCUT2D eigenvalue weighted by molar-refractivity contribution is 0.0947. The van der Waals surface area contributed by atoms with E-state index in [0.717, 1.165) is 16.7 Å². The molecule has 0 bridgehead atoms. The Balaban J connectivity index is 2.11. The van der Waals surface area contributed by atoms with Crippen LogP contribution in [0.1, 0.15) is 23.0 Å². The van der Waals surface area contributed by atoms with Crippen LogP contribution in [-0.4, -0.2) is 22.8 Å². The number of nitrogens with one attached hydrogen (secondary N) is 1. The van der Waals surface area contributed by atoms with Crippen molar-refractivity contribution in [1.82, 2.24) is 15.1 Å². The zero-order chi connectivity index (χ0) is 14.5. The van der Waals surface area contributed by atoms with Crippen LogP contribution in [0.25, 0.3) is 0 Å². The summed E-state index contributed by atoms with van der Waals surface area (Å²) in [4.78, 5) is 12.2. The van der Waals surface area contributed by atoms with Crippen LogP contribution in [0.5, 0.6) is 5.75 Å². The van der Waals surface area contributed by atoms with Crippen LogP contribution >= 0.6 is 15.9 Å². The van der Waals surface area contributed by atoms with E-state index in [0.29, 0.717) is 17.9 Å². The van der Waals surface area contributed by atoms with Gasteiger partial charge in [0.15, 0.2) is 0 Å². The fourth-order valence-corrected chi connectivity index (χ4v) is 2.36. The molecule has 106 valence electrons. The molecule has 1 N–H and O–H groups in total. The zero-order valence-corrected chi connectivity index (χ0v) is 13.0. The number of ether oxygens (including phenoxy) is 1. The first-order valence-electron chi connectivity index (χ1n) is 6.28. The van der Waals surface area contributed by atoms with E-state index in [1.165, 1.54) is 0 Å². The molecule has 6 heteroatoms. The summed E-state index contributed by atoms with van der Waals surface area (Å²) in [6, 6.07) is 7.14. The summed E-state index contributed by atoms with van der Waals surface area (Å²) in [6.45, 7) is 3.17. The SMILES string of the molecule is CCn1ncc(Br)c1CNC(=O)c1ccccc1OC. The van der Waals surface area contributed by atoms with Gasteiger partial charge in [0.2, 0.25) is 0 Å². The molecule has 0 fully saturated rings. The molecule has 5 nitrogen and oxygen atoms in total. The largest absolute Gasteiger partial charge is 0.496 e. The monoisotopic (exact) mass is 337 g/mol. The molecule has 0 aliphatic heterocycles. The molecule has 0 atom stereocenters. The van der Waals surface area contributed by atoms with Crippen molar-refractivity contribution in [2.45, 2.75) is 20.0 Å². The van der Waals surface area contributed by atoms with Crippen LogP contribution in [0.15, 0.2) is 34.9 Å². The quantitative estimate of drug-likeness (QED) is 0.912. The maximum Gasteiger partial charge on any atom is 0.255 e. The Morgan fingerprint density at radius 2 is 2.20 bits per heavy atom. The number of halogens is 1. The Kier molecular flexibility index (Phi) is 4.79. The molecule has 0 saturated carbocycles. The van der Waals surface area contributed by atoms with Gasteiger partial charge in [0.1, 0.15) is 5.75 Å². The highest BCUT2D eigenvalue weighted by Gasteiger charge is 2.13. The maximum atomic E-state index is 12.2. The second-order valence-electron chi connectivity index (χ2n) is 4.14. The Hall–Kier alpha value is -1.82. The molecule has 0 saturated heterocycles. The third-order valence-electron chi connectivity index (χ3n) is 2.97. The number of amides is 1. The molecular formula is C14H16BrN3O2. The molecule has 0 radical (unpaired) electrons. The van der Waals surface area contributed by atoms with Crippen molar-refractivity contribution in [3.63, 3.8) is 0 Å². The van der Waals surface area contributed by atoms with Gasteiger partial charge in [0, 0.05) is 6.54 Å². The third-order valence-corrected chi connectivity index (χ3v) is 3.63. The molecule has 1 amide bonds. The number of carbonyl (C=O) groups is 1. The van der Waals surface area contributed by atoms with Crippen LogP contribution < -0.4 is 10.1 Å².